The van der Waals surface area contributed by atoms with Gasteiger partial charge in [0.25, 0.3) is 10.0 Å². The summed E-state index contributed by atoms with van der Waals surface area (Å²) in [5, 5.41) is 15.2. The molecule has 1 aliphatic rings. The lowest BCUT2D eigenvalue weighted by Crippen LogP contribution is -2.45. The van der Waals surface area contributed by atoms with Gasteiger partial charge in [-0.3, -0.25) is 19.1 Å². The molecule has 2 aromatic rings. The summed E-state index contributed by atoms with van der Waals surface area (Å²) >= 11 is 6.17. The van der Waals surface area contributed by atoms with Crippen LogP contribution in [0.3, 0.4) is 0 Å². The fraction of sp³-hybridized carbons (Fsp3) is 0.522. The van der Waals surface area contributed by atoms with Crippen molar-refractivity contribution in [1.29, 1.82) is 0 Å². The van der Waals surface area contributed by atoms with Crippen molar-refractivity contribution >= 4 is 45.1 Å². The SMILES string of the molecule is CC(CC1CN(S(=O)(=O)c2cn(C(C)C)nc2Cl)c2cc(NC(=O)OC(C)(C)C(F)(F)F)ccc2O1)C(=O)O. The maximum Gasteiger partial charge on any atom is 0.427 e. The largest absolute Gasteiger partial charge is 0.486 e. The van der Waals surface area contributed by atoms with Gasteiger partial charge in [-0.25, -0.2) is 13.2 Å². The number of halogens is 4. The van der Waals surface area contributed by atoms with Crippen LogP contribution in [0.2, 0.25) is 5.15 Å². The van der Waals surface area contributed by atoms with E-state index in [4.69, 9.17) is 16.3 Å². The maximum atomic E-state index is 13.8. The molecule has 39 heavy (non-hydrogen) atoms. The molecule has 1 aromatic carbocycles. The van der Waals surface area contributed by atoms with E-state index in [9.17, 15) is 36.3 Å². The number of anilines is 2. The summed E-state index contributed by atoms with van der Waals surface area (Å²) in [6.45, 7) is 6.03. The van der Waals surface area contributed by atoms with Gasteiger partial charge in [-0.15, -0.1) is 0 Å². The number of hydrogen-bond donors (Lipinski definition) is 2. The van der Waals surface area contributed by atoms with Crippen molar-refractivity contribution < 1.29 is 45.8 Å². The number of aliphatic carboxylic acids is 1. The lowest BCUT2D eigenvalue weighted by Gasteiger charge is -2.36. The van der Waals surface area contributed by atoms with Crippen LogP contribution in [-0.2, 0) is 19.6 Å². The van der Waals surface area contributed by atoms with E-state index in [0.29, 0.717) is 13.8 Å². The molecule has 0 aliphatic carbocycles. The topological polar surface area (TPSA) is 140 Å². The highest BCUT2D eigenvalue weighted by Gasteiger charge is 2.51. The van der Waals surface area contributed by atoms with Gasteiger partial charge >= 0.3 is 18.2 Å². The number of benzene rings is 1. The van der Waals surface area contributed by atoms with Crippen molar-refractivity contribution in [1.82, 2.24) is 9.78 Å². The second-order valence-corrected chi connectivity index (χ2v) is 12.0. The summed E-state index contributed by atoms with van der Waals surface area (Å²) in [6, 6.07) is 3.55. The summed E-state index contributed by atoms with van der Waals surface area (Å²) in [5.74, 6) is -1.92. The van der Waals surface area contributed by atoms with Crippen molar-refractivity contribution in [2.75, 3.05) is 16.2 Å². The molecule has 3 rings (SSSR count). The highest BCUT2D eigenvalue weighted by atomic mass is 35.5. The summed E-state index contributed by atoms with van der Waals surface area (Å²) in [4.78, 5) is 23.3. The highest BCUT2D eigenvalue weighted by molar-refractivity contribution is 7.93. The minimum atomic E-state index is -4.83. The average molecular weight is 597 g/mol. The molecule has 2 unspecified atom stereocenters. The zero-order valence-corrected chi connectivity index (χ0v) is 23.2. The number of rotatable bonds is 8. The van der Waals surface area contributed by atoms with Crippen LogP contribution in [-0.4, -0.2) is 59.8 Å². The van der Waals surface area contributed by atoms with Gasteiger partial charge in [0.1, 0.15) is 16.7 Å². The van der Waals surface area contributed by atoms with Crippen molar-refractivity contribution in [2.24, 2.45) is 5.92 Å². The van der Waals surface area contributed by atoms with Gasteiger partial charge in [0.2, 0.25) is 5.60 Å². The third-order valence-electron chi connectivity index (χ3n) is 5.96. The van der Waals surface area contributed by atoms with E-state index in [1.165, 1.54) is 36.0 Å². The van der Waals surface area contributed by atoms with Crippen molar-refractivity contribution in [3.05, 3.63) is 29.5 Å². The Hall–Kier alpha value is -3.20. The molecule has 2 heterocycles. The number of alkyl halides is 3. The molecular formula is C23H28ClF3N4O7S. The van der Waals surface area contributed by atoms with Crippen LogP contribution >= 0.6 is 11.6 Å². The standard InChI is InChI=1S/C23H28ClF3N4O7S/c1-12(2)30-11-18(19(24)29-30)39(35,36)31-10-15(8-13(3)20(32)33)37-17-7-6-14(9-16(17)31)28-21(34)38-22(4,5)23(25,26)27/h6-7,9,11-13,15H,8,10H2,1-5H3,(H,28,34)(H,32,33). The predicted molar refractivity (Wildman–Crippen MR) is 135 cm³/mol. The Morgan fingerprint density at radius 3 is 2.46 bits per heavy atom. The van der Waals surface area contributed by atoms with E-state index < -0.39 is 45.9 Å². The highest BCUT2D eigenvalue weighted by Crippen LogP contribution is 2.41. The summed E-state index contributed by atoms with van der Waals surface area (Å²) in [6.07, 6.45) is -5.89. The lowest BCUT2D eigenvalue weighted by molar-refractivity contribution is -0.242. The number of amides is 1. The molecule has 1 amide bonds. The number of sulfonamides is 1. The van der Waals surface area contributed by atoms with Gasteiger partial charge < -0.3 is 14.6 Å². The van der Waals surface area contributed by atoms with Crippen LogP contribution in [0.1, 0.15) is 47.1 Å². The van der Waals surface area contributed by atoms with Gasteiger partial charge in [-0.05, 0) is 52.3 Å². The number of nitrogens with one attached hydrogen (secondary N) is 1. The van der Waals surface area contributed by atoms with Gasteiger partial charge in [0.05, 0.1) is 18.2 Å². The molecular weight excluding hydrogens is 569 g/mol. The number of carboxylic acid groups (broad SMARTS) is 1. The Kier molecular flexibility index (Phi) is 8.37. The number of carbonyl (C=O) groups excluding carboxylic acids is 1. The zero-order valence-electron chi connectivity index (χ0n) is 21.6. The first-order valence-corrected chi connectivity index (χ1v) is 13.5. The summed E-state index contributed by atoms with van der Waals surface area (Å²) in [7, 11) is -4.40. The normalized spacial score (nSPS) is 16.9. The second-order valence-electron chi connectivity index (χ2n) is 9.81. The maximum absolute atomic E-state index is 13.8. The number of hydrogen-bond acceptors (Lipinski definition) is 7. The van der Waals surface area contributed by atoms with Gasteiger partial charge in [-0.2, -0.15) is 18.3 Å². The molecule has 0 saturated carbocycles. The van der Waals surface area contributed by atoms with Crippen LogP contribution in [0, 0.1) is 5.92 Å². The third-order valence-corrected chi connectivity index (χ3v) is 8.13. The Labute approximate surface area is 227 Å². The third kappa shape index (κ3) is 6.52. The van der Waals surface area contributed by atoms with Crippen LogP contribution in [0.15, 0.2) is 29.3 Å². The minimum absolute atomic E-state index is 0.0291. The van der Waals surface area contributed by atoms with E-state index in [-0.39, 0.29) is 46.2 Å². The van der Waals surface area contributed by atoms with E-state index in [0.717, 1.165) is 4.31 Å². The fourth-order valence-electron chi connectivity index (χ4n) is 3.58. The molecule has 0 saturated heterocycles. The average Bonchev–Trinajstić information content (AvgIpc) is 3.20. The van der Waals surface area contributed by atoms with E-state index in [1.807, 2.05) is 0 Å². The predicted octanol–water partition coefficient (Wildman–Crippen LogP) is 5.07. The number of carboxylic acids is 1. The molecule has 11 nitrogen and oxygen atoms in total. The minimum Gasteiger partial charge on any atom is -0.486 e. The van der Waals surface area contributed by atoms with Crippen molar-refractivity contribution in [3.8, 4) is 5.75 Å². The lowest BCUT2D eigenvalue weighted by atomic mass is 10.0. The Morgan fingerprint density at radius 1 is 1.28 bits per heavy atom. The molecule has 0 spiro atoms. The zero-order chi connectivity index (χ0) is 29.5. The summed E-state index contributed by atoms with van der Waals surface area (Å²) < 4.78 is 79.6. The van der Waals surface area contributed by atoms with Crippen LogP contribution in [0.25, 0.3) is 0 Å². The van der Waals surface area contributed by atoms with E-state index in [1.54, 1.807) is 13.8 Å². The molecule has 0 fully saturated rings. The van der Waals surface area contributed by atoms with Crippen molar-refractivity contribution in [2.45, 2.75) is 69.9 Å². The Bertz CT molecular complexity index is 1360. The first-order chi connectivity index (χ1) is 17.8. The fourth-order valence-corrected chi connectivity index (χ4v) is 5.50. The van der Waals surface area contributed by atoms with E-state index >= 15 is 0 Å². The van der Waals surface area contributed by atoms with Gasteiger partial charge in [0, 0.05) is 17.9 Å². The first kappa shape index (κ1) is 30.3. The Morgan fingerprint density at radius 2 is 1.92 bits per heavy atom. The van der Waals surface area contributed by atoms with Crippen molar-refractivity contribution in [3.63, 3.8) is 0 Å². The quantitative estimate of drug-likeness (QED) is 0.430. The molecule has 216 valence electrons. The molecule has 2 N–H and O–H groups in total. The molecule has 16 heteroatoms. The molecule has 0 bridgehead atoms. The monoisotopic (exact) mass is 596 g/mol. The number of nitrogens with zero attached hydrogens (tertiary/aromatic N) is 3. The van der Waals surface area contributed by atoms with Gasteiger partial charge in [0.15, 0.2) is 5.15 Å². The molecule has 0 radical (unpaired) electrons. The molecule has 2 atom stereocenters. The summed E-state index contributed by atoms with van der Waals surface area (Å²) in [5.41, 5.74) is -2.93. The number of aromatic nitrogens is 2. The number of carbonyl (C=O) groups is 2. The number of fused-ring (bicyclic) bond motifs is 1. The molecule has 1 aromatic heterocycles. The smallest absolute Gasteiger partial charge is 0.427 e. The van der Waals surface area contributed by atoms with E-state index in [2.05, 4.69) is 15.2 Å². The van der Waals surface area contributed by atoms with Gasteiger partial charge in [-0.1, -0.05) is 18.5 Å². The molecule has 1 aliphatic heterocycles. The number of ether oxygens (including phenoxy) is 2. The second kappa shape index (κ2) is 10.8. The Balaban J connectivity index is 2.01. The van der Waals surface area contributed by atoms with Crippen LogP contribution in [0.5, 0.6) is 5.75 Å². The van der Waals surface area contributed by atoms with Crippen LogP contribution < -0.4 is 14.4 Å². The first-order valence-electron chi connectivity index (χ1n) is 11.7. The van der Waals surface area contributed by atoms with Crippen LogP contribution in [0.4, 0.5) is 29.3 Å².